The molecule has 3 fully saturated rings. The van der Waals surface area contributed by atoms with Gasteiger partial charge in [-0.25, -0.2) is 14.4 Å². The second-order valence-electron chi connectivity index (χ2n) is 8.06. The monoisotopic (exact) mass is 425 g/mol. The fourth-order valence-electron chi connectivity index (χ4n) is 4.76. The summed E-state index contributed by atoms with van der Waals surface area (Å²) in [5.74, 6) is -1.98. The van der Waals surface area contributed by atoms with Crippen LogP contribution in [-0.2, 0) is 4.79 Å². The molecule has 0 unspecified atom stereocenters. The molecule has 31 heavy (non-hydrogen) atoms. The number of nitrogens with two attached hydrogens (primary N) is 1. The number of hydrogen-bond acceptors (Lipinski definition) is 5. The number of pyridine rings is 1. The van der Waals surface area contributed by atoms with Crippen molar-refractivity contribution < 1.29 is 14.3 Å². The predicted octanol–water partition coefficient (Wildman–Crippen LogP) is 2.40. The number of H-pyrrole nitrogens is 1. The van der Waals surface area contributed by atoms with Crippen LogP contribution in [0.15, 0.2) is 35.6 Å². The van der Waals surface area contributed by atoms with Gasteiger partial charge in [-0.15, -0.1) is 0 Å². The first kappa shape index (κ1) is 20.7. The van der Waals surface area contributed by atoms with Gasteiger partial charge >= 0.3 is 5.97 Å². The van der Waals surface area contributed by atoms with Gasteiger partial charge in [0.2, 0.25) is 0 Å². The second-order valence-corrected chi connectivity index (χ2v) is 8.06. The van der Waals surface area contributed by atoms with Crippen LogP contribution in [0.3, 0.4) is 0 Å². The van der Waals surface area contributed by atoms with Crippen molar-refractivity contribution in [2.45, 2.75) is 31.7 Å². The Morgan fingerprint density at radius 1 is 1.29 bits per heavy atom. The maximum Gasteiger partial charge on any atom is 0.308 e. The number of nitrogens with zero attached hydrogens (tertiary/aromatic N) is 2. The largest absolute Gasteiger partial charge is 0.481 e. The van der Waals surface area contributed by atoms with Gasteiger partial charge in [0.1, 0.15) is 17.3 Å². The molecule has 0 spiro atoms. The van der Waals surface area contributed by atoms with Gasteiger partial charge < -0.3 is 21.1 Å². The number of carboxylic acid groups (broad SMARTS) is 1. The summed E-state index contributed by atoms with van der Waals surface area (Å²) >= 11 is 0. The fraction of sp³-hybridized carbons (Fsp3) is 0.381. The molecule has 2 aromatic rings. The van der Waals surface area contributed by atoms with Crippen molar-refractivity contribution in [2.24, 2.45) is 22.7 Å². The number of carboxylic acids is 1. The van der Waals surface area contributed by atoms with E-state index in [1.807, 2.05) is 0 Å². The Bertz CT molecular complexity index is 1040. The molecule has 0 radical (unpaired) electrons. The quantitative estimate of drug-likeness (QED) is 0.319. The van der Waals surface area contributed by atoms with Crippen molar-refractivity contribution in [3.8, 4) is 0 Å². The van der Waals surface area contributed by atoms with E-state index in [2.05, 4.69) is 20.3 Å². The molecule has 3 aliphatic rings. The van der Waals surface area contributed by atoms with E-state index >= 15 is 0 Å². The molecule has 3 saturated carbocycles. The molecule has 2 heterocycles. The average molecular weight is 425 g/mol. The second kappa shape index (κ2) is 8.29. The minimum absolute atomic E-state index is 0.0280. The van der Waals surface area contributed by atoms with E-state index < -0.39 is 23.5 Å². The number of hydrogen-bond donors (Lipinski definition) is 6. The van der Waals surface area contributed by atoms with Gasteiger partial charge in [0, 0.05) is 17.8 Å². The minimum atomic E-state index is -0.834. The van der Waals surface area contributed by atoms with Gasteiger partial charge in [-0.05, 0) is 55.7 Å². The summed E-state index contributed by atoms with van der Waals surface area (Å²) in [6.45, 7) is 0. The highest BCUT2D eigenvalue weighted by molar-refractivity contribution is 6.47. The average Bonchev–Trinajstić information content (AvgIpc) is 3.29. The van der Waals surface area contributed by atoms with Crippen LogP contribution in [0.25, 0.3) is 0 Å². The molecule has 3 aliphatic carbocycles. The molecule has 9 nitrogen and oxygen atoms in total. The molecule has 5 rings (SSSR count). The maximum atomic E-state index is 13.6. The van der Waals surface area contributed by atoms with E-state index in [1.54, 1.807) is 18.3 Å². The van der Waals surface area contributed by atoms with Crippen LogP contribution in [-0.4, -0.2) is 44.5 Å². The van der Waals surface area contributed by atoms with Crippen LogP contribution in [0.5, 0.6) is 0 Å². The number of anilines is 1. The normalized spacial score (nSPS) is 25.3. The van der Waals surface area contributed by atoms with Crippen molar-refractivity contribution in [3.63, 3.8) is 0 Å². The third-order valence-electron chi connectivity index (χ3n) is 6.28. The van der Waals surface area contributed by atoms with Crippen molar-refractivity contribution in [2.75, 3.05) is 5.73 Å². The molecule has 0 aromatic carbocycles. The molecule has 7 N–H and O–H groups in total. The van der Waals surface area contributed by atoms with Crippen LogP contribution in [0.4, 0.5) is 10.2 Å². The third-order valence-corrected chi connectivity index (χ3v) is 6.28. The minimum Gasteiger partial charge on any atom is -0.481 e. The van der Waals surface area contributed by atoms with Gasteiger partial charge in [0.25, 0.3) is 0 Å². The molecule has 2 atom stereocenters. The Kier molecular flexibility index (Phi) is 5.53. The zero-order chi connectivity index (χ0) is 22.1. The van der Waals surface area contributed by atoms with Gasteiger partial charge in [0.05, 0.1) is 17.8 Å². The molecule has 0 saturated heterocycles. The van der Waals surface area contributed by atoms with E-state index in [4.69, 9.17) is 16.6 Å². The number of halogens is 1. The Hall–Kier alpha value is -3.56. The first-order chi connectivity index (χ1) is 14.8. The molecule has 2 bridgehead atoms. The number of aromatic nitrogens is 2. The van der Waals surface area contributed by atoms with Crippen molar-refractivity contribution in [1.82, 2.24) is 15.3 Å². The molecule has 2 aromatic heterocycles. The summed E-state index contributed by atoms with van der Waals surface area (Å²) in [6.07, 6.45) is 6.33. The van der Waals surface area contributed by atoms with Crippen LogP contribution < -0.4 is 11.1 Å². The number of fused-ring (bicyclic) bond motifs is 3. The lowest BCUT2D eigenvalue weighted by molar-refractivity contribution is -0.149. The zero-order valence-corrected chi connectivity index (χ0v) is 16.7. The van der Waals surface area contributed by atoms with E-state index in [-0.39, 0.29) is 40.8 Å². The first-order valence-corrected chi connectivity index (χ1v) is 10.2. The van der Waals surface area contributed by atoms with Gasteiger partial charge in [-0.2, -0.15) is 0 Å². The summed E-state index contributed by atoms with van der Waals surface area (Å²) in [5.41, 5.74) is 5.90. The number of aliphatic imine (C=N–C) groups is 1. The number of aliphatic carboxylic acids is 1. The van der Waals surface area contributed by atoms with Gasteiger partial charge in [0.15, 0.2) is 11.7 Å². The lowest BCUT2D eigenvalue weighted by Crippen LogP contribution is -2.56. The van der Waals surface area contributed by atoms with E-state index in [0.717, 1.165) is 37.9 Å². The van der Waals surface area contributed by atoms with Crippen LogP contribution >= 0.6 is 0 Å². The molecular formula is C21H24FN7O2. The first-order valence-electron chi connectivity index (χ1n) is 10.2. The predicted molar refractivity (Wildman–Crippen MR) is 114 cm³/mol. The summed E-state index contributed by atoms with van der Waals surface area (Å²) in [7, 11) is 0. The standard InChI is InChI=1S/C21H24FN7O2/c22-12-8-13(18(24)27-9-12)16(23)19(25)29-20(14-2-1-7-26-14)28-17-11-5-3-10(4-6-11)15(17)21(30)31/h1-2,7-11,15,17,23,26H,3-6H2,(H2,24,27)(H,30,31)(H2,25,28,29)/t10?,11?,15-,17-/m0/s1. The molecular weight excluding hydrogens is 401 g/mol. The number of rotatable bonds is 5. The number of aromatic amines is 1. The molecule has 0 aliphatic heterocycles. The van der Waals surface area contributed by atoms with E-state index in [1.165, 1.54) is 0 Å². The topological polar surface area (TPSA) is 164 Å². The smallest absolute Gasteiger partial charge is 0.308 e. The molecule has 10 heteroatoms. The Balaban J connectivity index is 1.65. The van der Waals surface area contributed by atoms with Crippen LogP contribution in [0.2, 0.25) is 0 Å². The SMILES string of the molecule is N=C(/N=C(/N[C@H]1C2CCC(CC2)[C@@H]1C(=O)O)c1ccc[nH]1)C(=N)c1cc(F)cnc1N. The Morgan fingerprint density at radius 2 is 2.00 bits per heavy atom. The lowest BCUT2D eigenvalue weighted by Gasteiger charge is -2.47. The number of amidine groups is 2. The fourth-order valence-corrected chi connectivity index (χ4v) is 4.76. The summed E-state index contributed by atoms with van der Waals surface area (Å²) in [4.78, 5) is 23.0. The molecule has 162 valence electrons. The van der Waals surface area contributed by atoms with Crippen molar-refractivity contribution >= 4 is 29.2 Å². The van der Waals surface area contributed by atoms with E-state index in [9.17, 15) is 14.3 Å². The highest BCUT2D eigenvalue weighted by Gasteiger charge is 2.47. The van der Waals surface area contributed by atoms with Crippen LogP contribution in [0.1, 0.15) is 36.9 Å². The summed E-state index contributed by atoms with van der Waals surface area (Å²) in [6, 6.07) is 4.22. The van der Waals surface area contributed by atoms with Gasteiger partial charge in [-0.1, -0.05) is 0 Å². The summed E-state index contributed by atoms with van der Waals surface area (Å²) < 4.78 is 13.6. The number of nitrogen functional groups attached to an aromatic ring is 1. The maximum absolute atomic E-state index is 13.6. The summed E-state index contributed by atoms with van der Waals surface area (Å²) in [5, 5.41) is 29.6. The highest BCUT2D eigenvalue weighted by Crippen LogP contribution is 2.45. The number of nitrogens with one attached hydrogen (secondary N) is 4. The lowest BCUT2D eigenvalue weighted by atomic mass is 9.61. The highest BCUT2D eigenvalue weighted by atomic mass is 19.1. The van der Waals surface area contributed by atoms with Crippen LogP contribution in [0, 0.1) is 34.4 Å². The van der Waals surface area contributed by atoms with Crippen molar-refractivity contribution in [1.29, 1.82) is 10.8 Å². The molecule has 0 amide bonds. The van der Waals surface area contributed by atoms with Crippen molar-refractivity contribution in [3.05, 3.63) is 47.7 Å². The zero-order valence-electron chi connectivity index (χ0n) is 16.7. The third kappa shape index (κ3) is 4.05. The Morgan fingerprint density at radius 3 is 2.65 bits per heavy atom. The van der Waals surface area contributed by atoms with E-state index in [0.29, 0.717) is 5.69 Å². The Labute approximate surface area is 178 Å². The number of carbonyl (C=O) groups is 1. The van der Waals surface area contributed by atoms with Gasteiger partial charge in [-0.3, -0.25) is 15.6 Å².